The van der Waals surface area contributed by atoms with Crippen molar-refractivity contribution in [3.05, 3.63) is 17.8 Å². The van der Waals surface area contributed by atoms with Crippen LogP contribution in [0.1, 0.15) is 45.2 Å². The molecule has 0 bridgehead atoms. The lowest BCUT2D eigenvalue weighted by Crippen LogP contribution is -2.32. The van der Waals surface area contributed by atoms with Gasteiger partial charge in [0.05, 0.1) is 0 Å². The van der Waals surface area contributed by atoms with E-state index in [0.717, 1.165) is 12.2 Å². The Balaban J connectivity index is 1.98. The van der Waals surface area contributed by atoms with Crippen molar-refractivity contribution in [3.8, 4) is 6.07 Å². The SMILES string of the molecule is CC1(C)CCCC(Nc2ccc(C#N)nn2)C1. The normalized spacial score (nSPS) is 22.8. The molecule has 4 nitrogen and oxygen atoms in total. The van der Waals surface area contributed by atoms with Crippen LogP contribution in [0.4, 0.5) is 5.82 Å². The van der Waals surface area contributed by atoms with Crippen LogP contribution in [0.15, 0.2) is 12.1 Å². The van der Waals surface area contributed by atoms with Crippen LogP contribution in [0.3, 0.4) is 0 Å². The van der Waals surface area contributed by atoms with Crippen LogP contribution >= 0.6 is 0 Å². The zero-order valence-corrected chi connectivity index (χ0v) is 10.4. The minimum Gasteiger partial charge on any atom is -0.366 e. The number of nitrogens with one attached hydrogen (secondary N) is 1. The topological polar surface area (TPSA) is 61.6 Å². The molecule has 0 saturated heterocycles. The zero-order valence-electron chi connectivity index (χ0n) is 10.4. The summed E-state index contributed by atoms with van der Waals surface area (Å²) < 4.78 is 0. The van der Waals surface area contributed by atoms with Gasteiger partial charge in [-0.25, -0.2) is 0 Å². The monoisotopic (exact) mass is 230 g/mol. The predicted molar refractivity (Wildman–Crippen MR) is 66.4 cm³/mol. The standard InChI is InChI=1S/C13H18N4/c1-13(2)7-3-4-10(8-13)15-12-6-5-11(9-14)16-17-12/h5-6,10H,3-4,7-8H2,1-2H3,(H,15,17). The second-order valence-electron chi connectivity index (χ2n) is 5.52. The molecule has 2 rings (SSSR count). The van der Waals surface area contributed by atoms with Crippen LogP contribution in [-0.4, -0.2) is 16.2 Å². The van der Waals surface area contributed by atoms with Crippen molar-refractivity contribution in [3.63, 3.8) is 0 Å². The first-order valence-corrected chi connectivity index (χ1v) is 6.09. The molecule has 1 aromatic heterocycles. The molecule has 90 valence electrons. The molecule has 4 heteroatoms. The van der Waals surface area contributed by atoms with Gasteiger partial charge in [-0.3, -0.25) is 0 Å². The highest BCUT2D eigenvalue weighted by Crippen LogP contribution is 2.36. The van der Waals surface area contributed by atoms with Gasteiger partial charge in [0.25, 0.3) is 0 Å². The Morgan fingerprint density at radius 3 is 2.82 bits per heavy atom. The molecule has 0 aliphatic heterocycles. The van der Waals surface area contributed by atoms with E-state index in [9.17, 15) is 0 Å². The highest BCUT2D eigenvalue weighted by atomic mass is 15.2. The van der Waals surface area contributed by atoms with E-state index in [4.69, 9.17) is 5.26 Å². The summed E-state index contributed by atoms with van der Waals surface area (Å²) in [6.45, 7) is 4.62. The van der Waals surface area contributed by atoms with E-state index in [1.807, 2.05) is 12.1 Å². The van der Waals surface area contributed by atoms with Gasteiger partial charge in [0, 0.05) is 6.04 Å². The molecule has 1 fully saturated rings. The van der Waals surface area contributed by atoms with E-state index in [2.05, 4.69) is 29.4 Å². The molecule has 0 spiro atoms. The summed E-state index contributed by atoms with van der Waals surface area (Å²) in [6, 6.07) is 5.97. The molecule has 17 heavy (non-hydrogen) atoms. The largest absolute Gasteiger partial charge is 0.366 e. The van der Waals surface area contributed by atoms with E-state index in [1.54, 1.807) is 6.07 Å². The first kappa shape index (κ1) is 11.8. The summed E-state index contributed by atoms with van der Waals surface area (Å²) in [5, 5.41) is 19.9. The third-order valence-corrected chi connectivity index (χ3v) is 3.34. The maximum absolute atomic E-state index is 8.65. The zero-order chi connectivity index (χ0) is 12.3. The highest BCUT2D eigenvalue weighted by molar-refractivity contribution is 5.36. The molecule has 1 N–H and O–H groups in total. The molecule has 1 saturated carbocycles. The third kappa shape index (κ3) is 3.16. The molecule has 1 unspecified atom stereocenters. The average molecular weight is 230 g/mol. The van der Waals surface area contributed by atoms with E-state index in [-0.39, 0.29) is 0 Å². The smallest absolute Gasteiger partial charge is 0.163 e. The number of rotatable bonds is 2. The van der Waals surface area contributed by atoms with Crippen molar-refractivity contribution < 1.29 is 0 Å². The minimum atomic E-state index is 0.361. The fourth-order valence-electron chi connectivity index (χ4n) is 2.50. The second-order valence-corrected chi connectivity index (χ2v) is 5.52. The van der Waals surface area contributed by atoms with E-state index in [1.165, 1.54) is 19.3 Å². The van der Waals surface area contributed by atoms with Gasteiger partial charge in [0.1, 0.15) is 11.9 Å². The van der Waals surface area contributed by atoms with Crippen molar-refractivity contribution in [2.24, 2.45) is 5.41 Å². The lowest BCUT2D eigenvalue weighted by atomic mass is 9.75. The molecule has 1 aromatic rings. The van der Waals surface area contributed by atoms with Crippen LogP contribution in [0, 0.1) is 16.7 Å². The summed E-state index contributed by atoms with van der Waals surface area (Å²) in [5.74, 6) is 0.770. The Morgan fingerprint density at radius 2 is 2.24 bits per heavy atom. The molecule has 1 aliphatic carbocycles. The second kappa shape index (κ2) is 4.70. The average Bonchev–Trinajstić information content (AvgIpc) is 2.29. The van der Waals surface area contributed by atoms with Gasteiger partial charge < -0.3 is 5.32 Å². The Labute approximate surface area is 102 Å². The van der Waals surface area contributed by atoms with Crippen molar-refractivity contribution in [2.75, 3.05) is 5.32 Å². The molecule has 1 aliphatic rings. The highest BCUT2D eigenvalue weighted by Gasteiger charge is 2.27. The summed E-state index contributed by atoms with van der Waals surface area (Å²) in [4.78, 5) is 0. The Hall–Kier alpha value is -1.63. The van der Waals surface area contributed by atoms with Crippen LogP contribution in [0.5, 0.6) is 0 Å². The minimum absolute atomic E-state index is 0.361. The molecule has 0 aromatic carbocycles. The van der Waals surface area contributed by atoms with Gasteiger partial charge in [-0.2, -0.15) is 5.26 Å². The van der Waals surface area contributed by atoms with Gasteiger partial charge in [0.15, 0.2) is 5.69 Å². The van der Waals surface area contributed by atoms with Crippen LogP contribution in [0.2, 0.25) is 0 Å². The van der Waals surface area contributed by atoms with Crippen LogP contribution < -0.4 is 5.32 Å². The molecule has 0 amide bonds. The number of hydrogen-bond donors (Lipinski definition) is 1. The molecule has 0 radical (unpaired) electrons. The number of hydrogen-bond acceptors (Lipinski definition) is 4. The lowest BCUT2D eigenvalue weighted by Gasteiger charge is -2.35. The maximum atomic E-state index is 8.65. The maximum Gasteiger partial charge on any atom is 0.163 e. The predicted octanol–water partition coefficient (Wildman–Crippen LogP) is 2.73. The molecule has 1 atom stereocenters. The summed E-state index contributed by atoms with van der Waals surface area (Å²) in [7, 11) is 0. The molecular weight excluding hydrogens is 212 g/mol. The Morgan fingerprint density at radius 1 is 1.41 bits per heavy atom. The quantitative estimate of drug-likeness (QED) is 0.848. The van der Waals surface area contributed by atoms with Gasteiger partial charge >= 0.3 is 0 Å². The number of nitrogens with zero attached hydrogens (tertiary/aromatic N) is 3. The third-order valence-electron chi connectivity index (χ3n) is 3.34. The number of anilines is 1. The van der Waals surface area contributed by atoms with Crippen molar-refractivity contribution in [1.29, 1.82) is 5.26 Å². The van der Waals surface area contributed by atoms with Gasteiger partial charge in [-0.05, 0) is 36.8 Å². The fraction of sp³-hybridized carbons (Fsp3) is 0.615. The van der Waals surface area contributed by atoms with Gasteiger partial charge in [-0.1, -0.05) is 20.3 Å². The molecular formula is C13H18N4. The van der Waals surface area contributed by atoms with Gasteiger partial charge in [-0.15, -0.1) is 10.2 Å². The van der Waals surface area contributed by atoms with Crippen molar-refractivity contribution in [2.45, 2.75) is 45.6 Å². The fourth-order valence-corrected chi connectivity index (χ4v) is 2.50. The lowest BCUT2D eigenvalue weighted by molar-refractivity contribution is 0.229. The Kier molecular flexibility index (Phi) is 3.28. The van der Waals surface area contributed by atoms with Crippen molar-refractivity contribution >= 4 is 5.82 Å². The van der Waals surface area contributed by atoms with Crippen LogP contribution in [0.25, 0.3) is 0 Å². The van der Waals surface area contributed by atoms with Crippen molar-refractivity contribution in [1.82, 2.24) is 10.2 Å². The number of aromatic nitrogens is 2. The molecule has 1 heterocycles. The Bertz CT molecular complexity index is 416. The van der Waals surface area contributed by atoms with E-state index in [0.29, 0.717) is 17.2 Å². The van der Waals surface area contributed by atoms with Gasteiger partial charge in [0.2, 0.25) is 0 Å². The summed E-state index contributed by atoms with van der Waals surface area (Å²) in [5.41, 5.74) is 0.773. The van der Waals surface area contributed by atoms with E-state index < -0.39 is 0 Å². The summed E-state index contributed by atoms with van der Waals surface area (Å²) in [6.07, 6.45) is 4.90. The number of nitriles is 1. The van der Waals surface area contributed by atoms with Crippen LogP contribution in [-0.2, 0) is 0 Å². The first-order chi connectivity index (χ1) is 8.09. The van der Waals surface area contributed by atoms with E-state index >= 15 is 0 Å². The summed E-state index contributed by atoms with van der Waals surface area (Å²) >= 11 is 0. The first-order valence-electron chi connectivity index (χ1n) is 6.09.